The molecule has 1 atom stereocenters. The van der Waals surface area contributed by atoms with Crippen molar-refractivity contribution >= 4 is 33.8 Å². The Morgan fingerprint density at radius 2 is 1.87 bits per heavy atom. The van der Waals surface area contributed by atoms with Crippen LogP contribution in [-0.2, 0) is 11.2 Å². The molecule has 0 saturated carbocycles. The molecule has 0 amide bonds. The zero-order valence-electron chi connectivity index (χ0n) is 17.9. The maximum atomic E-state index is 10.8. The number of H-pyrrole nitrogens is 1. The molecule has 0 saturated heterocycles. The van der Waals surface area contributed by atoms with E-state index in [0.717, 1.165) is 19.6 Å². The normalized spacial score (nSPS) is 12.2. The minimum Gasteiger partial charge on any atom is -0.493 e. The number of nitrogens with one attached hydrogen (secondary N) is 1. The summed E-state index contributed by atoms with van der Waals surface area (Å²) in [5.74, 6) is 1.48. The lowest BCUT2D eigenvalue weighted by molar-refractivity contribution is 0.322. The largest absolute Gasteiger partial charge is 0.493 e. The Morgan fingerprint density at radius 3 is 2.48 bits per heavy atom. The van der Waals surface area contributed by atoms with Crippen LogP contribution in [0.15, 0.2) is 23.5 Å². The molecular formula is C21H25ClN5O3S+. The highest BCUT2D eigenvalue weighted by atomic mass is 35.5. The van der Waals surface area contributed by atoms with E-state index in [0.29, 0.717) is 55.3 Å². The molecule has 0 bridgehead atoms. The Balaban J connectivity index is 2.14. The van der Waals surface area contributed by atoms with Gasteiger partial charge in [0.25, 0.3) is 0 Å². The fourth-order valence-corrected chi connectivity index (χ4v) is 4.53. The van der Waals surface area contributed by atoms with Gasteiger partial charge >= 0.3 is 5.16 Å². The number of aromatic amines is 1. The SMILES string of the molecule is CCN(CC)CC[S+](O)c1nc(-c2cc(OC)c(OC)cc2Cl)c2c(C#N)c[nH]c2n1. The Morgan fingerprint density at radius 1 is 1.19 bits per heavy atom. The first-order valence-electron chi connectivity index (χ1n) is 9.80. The first-order valence-corrected chi connectivity index (χ1v) is 11.5. The summed E-state index contributed by atoms with van der Waals surface area (Å²) in [5, 5.41) is 10.8. The monoisotopic (exact) mass is 462 g/mol. The van der Waals surface area contributed by atoms with E-state index in [4.69, 9.17) is 21.1 Å². The van der Waals surface area contributed by atoms with E-state index in [-0.39, 0.29) is 0 Å². The Bertz CT molecular complexity index is 1110. The first-order chi connectivity index (χ1) is 15.0. The predicted molar refractivity (Wildman–Crippen MR) is 123 cm³/mol. The molecule has 0 aliphatic heterocycles. The highest BCUT2D eigenvalue weighted by Crippen LogP contribution is 2.40. The third-order valence-corrected chi connectivity index (χ3v) is 6.55. The zero-order valence-corrected chi connectivity index (χ0v) is 19.5. The van der Waals surface area contributed by atoms with Gasteiger partial charge in [0.1, 0.15) is 11.7 Å². The second kappa shape index (κ2) is 10.2. The van der Waals surface area contributed by atoms with E-state index in [1.807, 2.05) is 0 Å². The highest BCUT2D eigenvalue weighted by Gasteiger charge is 2.29. The Kier molecular flexibility index (Phi) is 7.62. The third-order valence-electron chi connectivity index (χ3n) is 5.07. The number of fused-ring (bicyclic) bond motifs is 1. The molecule has 31 heavy (non-hydrogen) atoms. The molecule has 10 heteroatoms. The molecule has 3 aromatic rings. The van der Waals surface area contributed by atoms with Crippen LogP contribution in [0.25, 0.3) is 22.3 Å². The number of ether oxygens (including phenoxy) is 2. The van der Waals surface area contributed by atoms with Gasteiger partial charge in [-0.05, 0) is 19.2 Å². The smallest absolute Gasteiger partial charge is 0.382 e. The van der Waals surface area contributed by atoms with Gasteiger partial charge in [-0.1, -0.05) is 25.4 Å². The molecule has 0 aliphatic rings. The maximum Gasteiger partial charge on any atom is 0.382 e. The fourth-order valence-electron chi connectivity index (χ4n) is 3.28. The molecule has 2 aromatic heterocycles. The van der Waals surface area contributed by atoms with Crippen LogP contribution >= 0.6 is 11.6 Å². The predicted octanol–water partition coefficient (Wildman–Crippen LogP) is 3.96. The first kappa shape index (κ1) is 23.2. The molecule has 0 radical (unpaired) electrons. The van der Waals surface area contributed by atoms with Crippen molar-refractivity contribution in [3.8, 4) is 28.8 Å². The van der Waals surface area contributed by atoms with Crippen molar-refractivity contribution in [2.24, 2.45) is 0 Å². The molecule has 2 heterocycles. The van der Waals surface area contributed by atoms with Crippen LogP contribution in [0.3, 0.4) is 0 Å². The van der Waals surface area contributed by atoms with E-state index in [2.05, 4.69) is 39.8 Å². The Labute approximate surface area is 189 Å². The van der Waals surface area contributed by atoms with Gasteiger partial charge in [0.2, 0.25) is 11.2 Å². The van der Waals surface area contributed by atoms with Crippen LogP contribution in [0.4, 0.5) is 0 Å². The number of benzene rings is 1. The van der Waals surface area contributed by atoms with Crippen LogP contribution in [0.1, 0.15) is 19.4 Å². The van der Waals surface area contributed by atoms with Crippen molar-refractivity contribution in [2.75, 3.05) is 39.6 Å². The number of nitriles is 1. The van der Waals surface area contributed by atoms with E-state index < -0.39 is 11.2 Å². The van der Waals surface area contributed by atoms with Crippen molar-refractivity contribution < 1.29 is 14.0 Å². The second-order valence-corrected chi connectivity index (χ2v) is 8.59. The van der Waals surface area contributed by atoms with E-state index in [9.17, 15) is 9.81 Å². The van der Waals surface area contributed by atoms with Crippen molar-refractivity contribution in [1.82, 2.24) is 19.9 Å². The third kappa shape index (κ3) is 4.72. The van der Waals surface area contributed by atoms with E-state index in [1.165, 1.54) is 14.2 Å². The summed E-state index contributed by atoms with van der Waals surface area (Å²) in [4.78, 5) is 14.4. The average molecular weight is 463 g/mol. The van der Waals surface area contributed by atoms with Crippen molar-refractivity contribution in [1.29, 1.82) is 5.26 Å². The summed E-state index contributed by atoms with van der Waals surface area (Å²) in [6.07, 6.45) is 1.58. The topological polar surface area (TPSA) is 107 Å². The van der Waals surface area contributed by atoms with Gasteiger partial charge in [-0.3, -0.25) is 4.90 Å². The summed E-state index contributed by atoms with van der Waals surface area (Å²) in [6.45, 7) is 6.71. The van der Waals surface area contributed by atoms with Gasteiger partial charge < -0.3 is 14.5 Å². The van der Waals surface area contributed by atoms with Crippen LogP contribution < -0.4 is 9.47 Å². The fraction of sp³-hybridized carbons (Fsp3) is 0.381. The molecule has 0 spiro atoms. The number of halogens is 1. The standard InChI is InChI=1S/C21H25ClN5O3S/c1-5-27(6-2)7-8-31(28)21-25-19(18-13(11-23)12-24-20(18)26-21)14-9-16(29-3)17(30-4)10-15(14)22/h9-10,12,28H,5-8H2,1-4H3,(H,24,25,26)/q+1. The van der Waals surface area contributed by atoms with Crippen LogP contribution in [0.5, 0.6) is 11.5 Å². The zero-order chi connectivity index (χ0) is 22.5. The molecule has 1 unspecified atom stereocenters. The number of aromatic nitrogens is 3. The molecule has 3 rings (SSSR count). The van der Waals surface area contributed by atoms with Gasteiger partial charge in [0, 0.05) is 24.4 Å². The second-order valence-electron chi connectivity index (χ2n) is 6.68. The van der Waals surface area contributed by atoms with Crippen molar-refractivity contribution in [2.45, 2.75) is 19.0 Å². The molecule has 164 valence electrons. The van der Waals surface area contributed by atoms with E-state index in [1.54, 1.807) is 18.3 Å². The number of rotatable bonds is 9. The molecular weight excluding hydrogens is 438 g/mol. The molecule has 2 N–H and O–H groups in total. The van der Waals surface area contributed by atoms with Gasteiger partial charge in [0.15, 0.2) is 17.3 Å². The van der Waals surface area contributed by atoms with Gasteiger partial charge in [-0.25, -0.2) is 0 Å². The average Bonchev–Trinajstić information content (AvgIpc) is 3.22. The van der Waals surface area contributed by atoms with Crippen LogP contribution in [0.2, 0.25) is 5.02 Å². The van der Waals surface area contributed by atoms with Gasteiger partial charge in [-0.2, -0.15) is 19.8 Å². The maximum absolute atomic E-state index is 10.8. The lowest BCUT2D eigenvalue weighted by atomic mass is 10.1. The van der Waals surface area contributed by atoms with Crippen molar-refractivity contribution in [3.63, 3.8) is 0 Å². The molecule has 0 fully saturated rings. The minimum atomic E-state index is -1.18. The van der Waals surface area contributed by atoms with Crippen molar-refractivity contribution in [3.05, 3.63) is 28.9 Å². The summed E-state index contributed by atoms with van der Waals surface area (Å²) in [6, 6.07) is 5.51. The minimum absolute atomic E-state index is 0.298. The summed E-state index contributed by atoms with van der Waals surface area (Å²) in [7, 11) is 3.06. The summed E-state index contributed by atoms with van der Waals surface area (Å²) < 4.78 is 21.6. The van der Waals surface area contributed by atoms with Gasteiger partial charge in [0.05, 0.1) is 35.9 Å². The quantitative estimate of drug-likeness (QED) is 0.366. The number of methoxy groups -OCH3 is 2. The Hall–Kier alpha value is -2.51. The lowest BCUT2D eigenvalue weighted by Gasteiger charge is -2.15. The summed E-state index contributed by atoms with van der Waals surface area (Å²) >= 11 is 5.38. The number of nitrogens with zero attached hydrogens (tertiary/aromatic N) is 4. The number of hydrogen-bond donors (Lipinski definition) is 2. The van der Waals surface area contributed by atoms with Crippen LogP contribution in [0, 0.1) is 11.3 Å². The lowest BCUT2D eigenvalue weighted by Crippen LogP contribution is -2.29. The van der Waals surface area contributed by atoms with Gasteiger partial charge in [-0.15, -0.1) is 0 Å². The molecule has 1 aromatic carbocycles. The van der Waals surface area contributed by atoms with Crippen LogP contribution in [-0.4, -0.2) is 64.0 Å². The summed E-state index contributed by atoms with van der Waals surface area (Å²) in [5.41, 5.74) is 1.88. The highest BCUT2D eigenvalue weighted by molar-refractivity contribution is 7.91. The molecule has 0 aliphatic carbocycles. The van der Waals surface area contributed by atoms with E-state index >= 15 is 0 Å². The number of hydrogen-bond acceptors (Lipinski definition) is 7. The molecule has 8 nitrogen and oxygen atoms in total.